The number of nitrogens with one attached hydrogen (secondary N) is 1. The minimum Gasteiger partial charge on any atom is -0.337 e. The maximum Gasteiger partial charge on any atom is 0.265 e. The highest BCUT2D eigenvalue weighted by Crippen LogP contribution is 2.31. The number of benzene rings is 1. The lowest BCUT2D eigenvalue weighted by Crippen LogP contribution is -2.43. The van der Waals surface area contributed by atoms with E-state index in [2.05, 4.69) is 15.3 Å². The van der Waals surface area contributed by atoms with Crippen LogP contribution in [0.1, 0.15) is 33.9 Å². The highest BCUT2D eigenvalue weighted by molar-refractivity contribution is 7.17. The van der Waals surface area contributed by atoms with Crippen LogP contribution in [0.5, 0.6) is 0 Å². The summed E-state index contributed by atoms with van der Waals surface area (Å²) in [7, 11) is 0. The summed E-state index contributed by atoms with van der Waals surface area (Å²) >= 11 is 7.46. The lowest BCUT2D eigenvalue weighted by atomic mass is 9.97. The fourth-order valence-electron chi connectivity index (χ4n) is 3.70. The van der Waals surface area contributed by atoms with E-state index < -0.39 is 0 Å². The van der Waals surface area contributed by atoms with E-state index in [4.69, 9.17) is 11.6 Å². The number of aromatic nitrogens is 2. The van der Waals surface area contributed by atoms with Gasteiger partial charge in [-0.05, 0) is 51.0 Å². The quantitative estimate of drug-likeness (QED) is 0.604. The SMILES string of the molecule is Cc1cccc(NC(=O)C2CCCN(C(=O)c3sc(-c4cccc(Cl)c4)nc3C)C2)n1. The zero-order valence-electron chi connectivity index (χ0n) is 17.4. The molecule has 1 aromatic carbocycles. The Bertz CT molecular complexity index is 1130. The van der Waals surface area contributed by atoms with Gasteiger partial charge in [0.1, 0.15) is 15.7 Å². The van der Waals surface area contributed by atoms with Crippen LogP contribution in [0.3, 0.4) is 0 Å². The highest BCUT2D eigenvalue weighted by atomic mass is 35.5. The summed E-state index contributed by atoms with van der Waals surface area (Å²) < 4.78 is 0. The number of amides is 2. The van der Waals surface area contributed by atoms with Gasteiger partial charge in [0.2, 0.25) is 5.91 Å². The number of aryl methyl sites for hydroxylation is 2. The summed E-state index contributed by atoms with van der Waals surface area (Å²) in [4.78, 5) is 37.3. The Morgan fingerprint density at radius 2 is 1.97 bits per heavy atom. The van der Waals surface area contributed by atoms with E-state index in [-0.39, 0.29) is 17.7 Å². The Morgan fingerprint density at radius 3 is 2.74 bits per heavy atom. The van der Waals surface area contributed by atoms with E-state index >= 15 is 0 Å². The van der Waals surface area contributed by atoms with Gasteiger partial charge in [-0.2, -0.15) is 0 Å². The molecule has 1 atom stereocenters. The average molecular weight is 455 g/mol. The molecule has 0 spiro atoms. The fourth-order valence-corrected chi connectivity index (χ4v) is 4.92. The van der Waals surface area contributed by atoms with Crippen molar-refractivity contribution in [2.45, 2.75) is 26.7 Å². The fraction of sp³-hybridized carbons (Fsp3) is 0.304. The molecule has 0 saturated carbocycles. The smallest absolute Gasteiger partial charge is 0.265 e. The molecular weight excluding hydrogens is 432 g/mol. The normalized spacial score (nSPS) is 16.2. The van der Waals surface area contributed by atoms with Crippen molar-refractivity contribution in [2.75, 3.05) is 18.4 Å². The minimum absolute atomic E-state index is 0.0746. The van der Waals surface area contributed by atoms with Crippen molar-refractivity contribution in [3.05, 3.63) is 63.8 Å². The van der Waals surface area contributed by atoms with Crippen molar-refractivity contribution in [2.24, 2.45) is 5.92 Å². The molecule has 1 unspecified atom stereocenters. The van der Waals surface area contributed by atoms with Crippen LogP contribution in [-0.4, -0.2) is 39.8 Å². The van der Waals surface area contributed by atoms with E-state index in [1.165, 1.54) is 11.3 Å². The number of rotatable bonds is 4. The summed E-state index contributed by atoms with van der Waals surface area (Å²) in [5, 5.41) is 4.28. The van der Waals surface area contributed by atoms with Crippen LogP contribution >= 0.6 is 22.9 Å². The summed E-state index contributed by atoms with van der Waals surface area (Å²) in [5.41, 5.74) is 2.43. The van der Waals surface area contributed by atoms with Crippen LogP contribution < -0.4 is 5.32 Å². The lowest BCUT2D eigenvalue weighted by Gasteiger charge is -2.31. The maximum atomic E-state index is 13.2. The van der Waals surface area contributed by atoms with Gasteiger partial charge in [0.15, 0.2) is 0 Å². The molecule has 0 radical (unpaired) electrons. The van der Waals surface area contributed by atoms with Crippen molar-refractivity contribution in [3.8, 4) is 10.6 Å². The number of anilines is 1. The molecule has 2 amide bonds. The molecule has 6 nitrogen and oxygen atoms in total. The van der Waals surface area contributed by atoms with E-state index in [1.54, 1.807) is 11.0 Å². The number of halogens is 1. The molecule has 0 aliphatic carbocycles. The van der Waals surface area contributed by atoms with Gasteiger partial charge in [-0.1, -0.05) is 29.8 Å². The van der Waals surface area contributed by atoms with Crippen molar-refractivity contribution in [1.29, 1.82) is 0 Å². The van der Waals surface area contributed by atoms with Crippen LogP contribution in [0.4, 0.5) is 5.82 Å². The predicted octanol–water partition coefficient (Wildman–Crippen LogP) is 4.97. The second-order valence-corrected chi connectivity index (χ2v) is 9.12. The molecule has 1 N–H and O–H groups in total. The van der Waals surface area contributed by atoms with Crippen molar-refractivity contribution >= 4 is 40.6 Å². The molecule has 3 heterocycles. The lowest BCUT2D eigenvalue weighted by molar-refractivity contribution is -0.121. The number of hydrogen-bond donors (Lipinski definition) is 1. The zero-order chi connectivity index (χ0) is 22.0. The van der Waals surface area contributed by atoms with Gasteiger partial charge in [-0.25, -0.2) is 9.97 Å². The Balaban J connectivity index is 1.47. The van der Waals surface area contributed by atoms with Crippen molar-refractivity contribution < 1.29 is 9.59 Å². The molecule has 1 aliphatic rings. The highest BCUT2D eigenvalue weighted by Gasteiger charge is 2.31. The largest absolute Gasteiger partial charge is 0.337 e. The third-order valence-electron chi connectivity index (χ3n) is 5.28. The van der Waals surface area contributed by atoms with E-state index in [1.807, 2.05) is 50.2 Å². The van der Waals surface area contributed by atoms with Crippen LogP contribution in [0.2, 0.25) is 5.02 Å². The standard InChI is InChI=1S/C23H23ClN4O2S/c1-14-6-3-10-19(25-14)27-21(29)17-8-5-11-28(13-17)23(30)20-15(2)26-22(31-20)16-7-4-9-18(24)12-16/h3-4,6-7,9-10,12,17H,5,8,11,13H2,1-2H3,(H,25,27,29). The van der Waals surface area contributed by atoms with Crippen molar-refractivity contribution in [3.63, 3.8) is 0 Å². The van der Waals surface area contributed by atoms with Gasteiger partial charge in [0.05, 0.1) is 11.6 Å². The average Bonchev–Trinajstić information content (AvgIpc) is 3.15. The second-order valence-electron chi connectivity index (χ2n) is 7.69. The third kappa shape index (κ3) is 4.94. The molecule has 2 aromatic heterocycles. The number of hydrogen-bond acceptors (Lipinski definition) is 5. The van der Waals surface area contributed by atoms with Gasteiger partial charge in [0.25, 0.3) is 5.91 Å². The third-order valence-corrected chi connectivity index (χ3v) is 6.71. The first-order valence-corrected chi connectivity index (χ1v) is 11.4. The first-order valence-electron chi connectivity index (χ1n) is 10.2. The number of carbonyl (C=O) groups excluding carboxylic acids is 2. The van der Waals surface area contributed by atoms with Crippen LogP contribution in [0.25, 0.3) is 10.6 Å². The van der Waals surface area contributed by atoms with E-state index in [0.717, 1.165) is 29.1 Å². The molecule has 8 heteroatoms. The maximum absolute atomic E-state index is 13.2. The van der Waals surface area contributed by atoms with Crippen molar-refractivity contribution in [1.82, 2.24) is 14.9 Å². The number of thiazole rings is 1. The molecule has 1 aliphatic heterocycles. The topological polar surface area (TPSA) is 75.2 Å². The van der Waals surface area contributed by atoms with Gasteiger partial charge >= 0.3 is 0 Å². The van der Waals surface area contributed by atoms with Gasteiger partial charge in [-0.15, -0.1) is 11.3 Å². The van der Waals surface area contributed by atoms with E-state index in [9.17, 15) is 9.59 Å². The number of piperidine rings is 1. The van der Waals surface area contributed by atoms with Crippen LogP contribution in [0.15, 0.2) is 42.5 Å². The van der Waals surface area contributed by atoms with E-state index in [0.29, 0.717) is 34.5 Å². The first kappa shape index (κ1) is 21.5. The zero-order valence-corrected chi connectivity index (χ0v) is 19.0. The molecule has 1 fully saturated rings. The molecule has 0 bridgehead atoms. The molecule has 3 aromatic rings. The molecule has 31 heavy (non-hydrogen) atoms. The number of nitrogens with zero attached hydrogens (tertiary/aromatic N) is 3. The summed E-state index contributed by atoms with van der Waals surface area (Å²) in [6.07, 6.45) is 1.53. The summed E-state index contributed by atoms with van der Waals surface area (Å²) in [5.74, 6) is 0.101. The summed E-state index contributed by atoms with van der Waals surface area (Å²) in [6, 6.07) is 13.0. The monoisotopic (exact) mass is 454 g/mol. The molecular formula is C23H23ClN4O2S. The summed E-state index contributed by atoms with van der Waals surface area (Å²) in [6.45, 7) is 4.75. The number of carbonyl (C=O) groups is 2. The van der Waals surface area contributed by atoms with Gasteiger partial charge in [-0.3, -0.25) is 9.59 Å². The van der Waals surface area contributed by atoms with Gasteiger partial charge < -0.3 is 10.2 Å². The number of pyridine rings is 1. The minimum atomic E-state index is -0.263. The van der Waals surface area contributed by atoms with Crippen LogP contribution in [-0.2, 0) is 4.79 Å². The Hall–Kier alpha value is -2.77. The number of likely N-dealkylation sites (tertiary alicyclic amines) is 1. The second kappa shape index (κ2) is 9.16. The predicted molar refractivity (Wildman–Crippen MR) is 124 cm³/mol. The Morgan fingerprint density at radius 1 is 1.16 bits per heavy atom. The van der Waals surface area contributed by atoms with Crippen LogP contribution in [0, 0.1) is 19.8 Å². The first-order chi connectivity index (χ1) is 14.9. The molecule has 160 valence electrons. The molecule has 4 rings (SSSR count). The van der Waals surface area contributed by atoms with Gasteiger partial charge in [0, 0.05) is 29.4 Å². The molecule has 1 saturated heterocycles. The Labute approximate surface area is 190 Å². The Kier molecular flexibility index (Phi) is 6.34.